The Morgan fingerprint density at radius 3 is 2.52 bits per heavy atom. The van der Waals surface area contributed by atoms with Crippen LogP contribution < -0.4 is 10.2 Å². The Labute approximate surface area is 196 Å². The average molecular weight is 539 g/mol. The summed E-state index contributed by atoms with van der Waals surface area (Å²) < 4.78 is 29.5. The summed E-state index contributed by atoms with van der Waals surface area (Å²) in [6, 6.07) is 13.4. The smallest absolute Gasteiger partial charge is 0.194 e. The number of para-hydroxylation sites is 1. The molecule has 7 nitrogen and oxygen atoms in total. The van der Waals surface area contributed by atoms with Crippen LogP contribution in [0.4, 0.5) is 14.5 Å². The van der Waals surface area contributed by atoms with Crippen molar-refractivity contribution < 1.29 is 8.78 Å². The summed E-state index contributed by atoms with van der Waals surface area (Å²) in [5.41, 5.74) is 1.29. The highest BCUT2D eigenvalue weighted by Crippen LogP contribution is 2.22. The van der Waals surface area contributed by atoms with E-state index in [1.807, 2.05) is 39.8 Å². The summed E-state index contributed by atoms with van der Waals surface area (Å²) in [7, 11) is 1.73. The van der Waals surface area contributed by atoms with Crippen LogP contribution in [0.1, 0.15) is 5.82 Å². The molecule has 2 aromatic carbocycles. The van der Waals surface area contributed by atoms with Gasteiger partial charge in [-0.15, -0.1) is 34.2 Å². The Bertz CT molecular complexity index is 1020. The van der Waals surface area contributed by atoms with Crippen molar-refractivity contribution >= 4 is 35.6 Å². The topological polar surface area (TPSA) is 61.6 Å². The summed E-state index contributed by atoms with van der Waals surface area (Å²) in [5.74, 6) is 0.654. The van der Waals surface area contributed by atoms with Crippen LogP contribution >= 0.6 is 24.0 Å². The van der Waals surface area contributed by atoms with E-state index in [1.54, 1.807) is 13.4 Å². The van der Waals surface area contributed by atoms with Crippen molar-refractivity contribution in [1.82, 2.24) is 25.0 Å². The van der Waals surface area contributed by atoms with E-state index in [4.69, 9.17) is 0 Å². The number of rotatable bonds is 4. The lowest BCUT2D eigenvalue weighted by atomic mass is 10.2. The van der Waals surface area contributed by atoms with Crippen molar-refractivity contribution in [3.8, 4) is 5.69 Å². The van der Waals surface area contributed by atoms with Crippen LogP contribution in [0.5, 0.6) is 0 Å². The number of guanidine groups is 1. The third kappa shape index (κ3) is 5.30. The lowest BCUT2D eigenvalue weighted by Gasteiger charge is -2.37. The lowest BCUT2D eigenvalue weighted by molar-refractivity contribution is 0.370. The van der Waals surface area contributed by atoms with Crippen LogP contribution in [0.25, 0.3) is 5.69 Å². The molecule has 0 saturated carbocycles. The molecule has 4 rings (SSSR count). The monoisotopic (exact) mass is 539 g/mol. The molecule has 0 aliphatic carbocycles. The molecule has 0 unspecified atom stereocenters. The third-order valence-corrected chi connectivity index (χ3v) is 5.10. The van der Waals surface area contributed by atoms with Crippen LogP contribution in [0.15, 0.2) is 59.9 Å². The van der Waals surface area contributed by atoms with E-state index in [-0.39, 0.29) is 24.0 Å². The Morgan fingerprint density at radius 1 is 1.06 bits per heavy atom. The fourth-order valence-corrected chi connectivity index (χ4v) is 3.56. The van der Waals surface area contributed by atoms with Gasteiger partial charge in [-0.05, 0) is 24.3 Å². The first-order chi connectivity index (χ1) is 14.7. The number of hydrogen-bond acceptors (Lipinski definition) is 4. The normalized spacial score (nSPS) is 14.4. The van der Waals surface area contributed by atoms with Crippen molar-refractivity contribution in [1.29, 1.82) is 0 Å². The average Bonchev–Trinajstić information content (AvgIpc) is 3.26. The Morgan fingerprint density at radius 2 is 1.81 bits per heavy atom. The second-order valence-corrected chi connectivity index (χ2v) is 6.92. The van der Waals surface area contributed by atoms with E-state index in [0.29, 0.717) is 38.4 Å². The summed E-state index contributed by atoms with van der Waals surface area (Å²) in [6.45, 7) is 2.88. The van der Waals surface area contributed by atoms with Gasteiger partial charge < -0.3 is 15.1 Å². The fraction of sp³-hybridized carbons (Fsp3) is 0.286. The van der Waals surface area contributed by atoms with Gasteiger partial charge >= 0.3 is 0 Å². The largest absolute Gasteiger partial charge is 0.366 e. The molecule has 0 bridgehead atoms. The zero-order chi connectivity index (χ0) is 20.9. The van der Waals surface area contributed by atoms with Gasteiger partial charge in [0.15, 0.2) is 11.8 Å². The lowest BCUT2D eigenvalue weighted by Crippen LogP contribution is -2.52. The number of benzene rings is 2. The van der Waals surface area contributed by atoms with Gasteiger partial charge in [0, 0.05) is 45.0 Å². The molecule has 0 amide bonds. The molecule has 0 radical (unpaired) electrons. The molecule has 1 aliphatic heterocycles. The Kier molecular flexibility index (Phi) is 7.77. The van der Waals surface area contributed by atoms with E-state index >= 15 is 0 Å². The molecule has 10 heteroatoms. The molecule has 2 heterocycles. The van der Waals surface area contributed by atoms with Crippen molar-refractivity contribution in [2.45, 2.75) is 6.54 Å². The number of piperazine rings is 1. The first kappa shape index (κ1) is 22.9. The number of aliphatic imine (C=N–C) groups is 1. The molecule has 3 aromatic rings. The minimum absolute atomic E-state index is 0. The van der Waals surface area contributed by atoms with Crippen LogP contribution in [-0.2, 0) is 6.54 Å². The summed E-state index contributed by atoms with van der Waals surface area (Å²) in [5, 5.41) is 11.6. The van der Waals surface area contributed by atoms with Gasteiger partial charge in [-0.3, -0.25) is 9.56 Å². The maximum atomic E-state index is 14.1. The van der Waals surface area contributed by atoms with Crippen LogP contribution in [0.3, 0.4) is 0 Å². The van der Waals surface area contributed by atoms with Crippen molar-refractivity contribution in [3.63, 3.8) is 0 Å². The van der Waals surface area contributed by atoms with Crippen LogP contribution in [0, 0.1) is 11.6 Å². The maximum absolute atomic E-state index is 14.1. The Balaban J connectivity index is 0.00000272. The summed E-state index contributed by atoms with van der Waals surface area (Å²) >= 11 is 0. The van der Waals surface area contributed by atoms with Crippen LogP contribution in [-0.4, -0.2) is 58.9 Å². The molecule has 1 saturated heterocycles. The third-order valence-electron chi connectivity index (χ3n) is 5.10. The Hall–Kier alpha value is -2.76. The molecule has 1 aromatic heterocycles. The molecule has 1 fully saturated rings. The SMILES string of the molecule is CN=C(NCc1nncn1-c1ccccc1)N1CCN(c2cc(F)ccc2F)CC1.I. The molecule has 0 atom stereocenters. The van der Waals surface area contributed by atoms with E-state index in [0.717, 1.165) is 23.5 Å². The zero-order valence-electron chi connectivity index (χ0n) is 17.1. The van der Waals surface area contributed by atoms with E-state index in [2.05, 4.69) is 25.4 Å². The molecule has 164 valence electrons. The van der Waals surface area contributed by atoms with Gasteiger partial charge in [-0.25, -0.2) is 8.78 Å². The van der Waals surface area contributed by atoms with Gasteiger partial charge in [0.05, 0.1) is 12.2 Å². The number of nitrogens with one attached hydrogen (secondary N) is 1. The minimum Gasteiger partial charge on any atom is -0.366 e. The van der Waals surface area contributed by atoms with Crippen molar-refractivity contribution in [3.05, 3.63) is 72.3 Å². The molecular weight excluding hydrogens is 515 g/mol. The second-order valence-electron chi connectivity index (χ2n) is 6.92. The highest BCUT2D eigenvalue weighted by atomic mass is 127. The molecule has 0 spiro atoms. The van der Waals surface area contributed by atoms with Gasteiger partial charge in [-0.1, -0.05) is 18.2 Å². The van der Waals surface area contributed by atoms with Gasteiger partial charge in [0.1, 0.15) is 18.0 Å². The number of hydrogen-bond donors (Lipinski definition) is 1. The van der Waals surface area contributed by atoms with Crippen LogP contribution in [0.2, 0.25) is 0 Å². The minimum atomic E-state index is -0.436. The van der Waals surface area contributed by atoms with E-state index in [9.17, 15) is 8.78 Å². The van der Waals surface area contributed by atoms with Crippen molar-refractivity contribution in [2.24, 2.45) is 4.99 Å². The summed E-state index contributed by atoms with van der Waals surface area (Å²) in [4.78, 5) is 8.31. The molecule has 1 N–H and O–H groups in total. The quantitative estimate of drug-likeness (QED) is 0.314. The predicted octanol–water partition coefficient (Wildman–Crippen LogP) is 3.06. The van der Waals surface area contributed by atoms with Gasteiger partial charge in [0.25, 0.3) is 0 Å². The highest BCUT2D eigenvalue weighted by molar-refractivity contribution is 14.0. The fourth-order valence-electron chi connectivity index (χ4n) is 3.56. The number of halogens is 3. The van der Waals surface area contributed by atoms with Gasteiger partial charge in [-0.2, -0.15) is 0 Å². The zero-order valence-corrected chi connectivity index (χ0v) is 19.4. The second kappa shape index (κ2) is 10.5. The molecule has 1 aliphatic rings. The van der Waals surface area contributed by atoms with E-state index in [1.165, 1.54) is 12.1 Å². The first-order valence-electron chi connectivity index (χ1n) is 9.75. The molecule has 31 heavy (non-hydrogen) atoms. The number of nitrogens with zero attached hydrogens (tertiary/aromatic N) is 6. The van der Waals surface area contributed by atoms with Gasteiger partial charge in [0.2, 0.25) is 0 Å². The maximum Gasteiger partial charge on any atom is 0.194 e. The van der Waals surface area contributed by atoms with Crippen molar-refractivity contribution in [2.75, 3.05) is 38.1 Å². The number of anilines is 1. The number of aromatic nitrogens is 3. The highest BCUT2D eigenvalue weighted by Gasteiger charge is 2.22. The van der Waals surface area contributed by atoms with E-state index < -0.39 is 11.6 Å². The predicted molar refractivity (Wildman–Crippen MR) is 127 cm³/mol. The summed E-state index contributed by atoms with van der Waals surface area (Å²) in [6.07, 6.45) is 1.68. The first-order valence-corrected chi connectivity index (χ1v) is 9.75. The molecular formula is C21H24F2IN7. The standard InChI is InChI=1S/C21H23F2N7.HI/c1-24-21(25-14-20-27-26-15-30(20)17-5-3-2-4-6-17)29-11-9-28(10-12-29)19-13-16(22)7-8-18(19)23;/h2-8,13,15H,9-12,14H2,1H3,(H,24,25);1H.